The van der Waals surface area contributed by atoms with Crippen LogP contribution in [0.4, 0.5) is 0 Å². The number of esters is 1. The first-order valence-corrected chi connectivity index (χ1v) is 8.48. The average molecular weight is 358 g/mol. The average Bonchev–Trinajstić information content (AvgIpc) is 2.86. The zero-order valence-electron chi connectivity index (χ0n) is 13.1. The molecule has 0 atom stereocenters. The fourth-order valence-corrected chi connectivity index (χ4v) is 3.10. The number of nitrogens with zero attached hydrogens (tertiary/aromatic N) is 2. The zero-order valence-corrected chi connectivity index (χ0v) is 13.9. The van der Waals surface area contributed by atoms with Crippen molar-refractivity contribution in [2.75, 3.05) is 18.9 Å². The van der Waals surface area contributed by atoms with Crippen LogP contribution in [0.15, 0.2) is 53.7 Å². The highest BCUT2D eigenvalue weighted by Gasteiger charge is 2.34. The van der Waals surface area contributed by atoms with E-state index in [4.69, 9.17) is 4.74 Å². The minimum Gasteiger partial charge on any atom is -0.618 e. The van der Waals surface area contributed by atoms with E-state index in [0.29, 0.717) is 20.9 Å². The van der Waals surface area contributed by atoms with Crippen LogP contribution in [0, 0.1) is 5.21 Å². The Bertz CT molecular complexity index is 804. The van der Waals surface area contributed by atoms with Crippen molar-refractivity contribution in [3.05, 3.63) is 65.0 Å². The maximum atomic E-state index is 12.2. The summed E-state index contributed by atoms with van der Waals surface area (Å²) in [5, 5.41) is 11.9. The SMILES string of the molecule is O=C(CSc1cccc[n+]1[O-])OCCN1C(=O)c2ccccc2C1=O. The predicted molar refractivity (Wildman–Crippen MR) is 88.9 cm³/mol. The van der Waals surface area contributed by atoms with Crippen molar-refractivity contribution in [2.24, 2.45) is 0 Å². The van der Waals surface area contributed by atoms with Crippen molar-refractivity contribution >= 4 is 29.5 Å². The van der Waals surface area contributed by atoms with Gasteiger partial charge in [-0.1, -0.05) is 12.1 Å². The molecule has 7 nitrogen and oxygen atoms in total. The van der Waals surface area contributed by atoms with E-state index in [9.17, 15) is 19.6 Å². The van der Waals surface area contributed by atoms with Gasteiger partial charge in [-0.2, -0.15) is 4.73 Å². The summed E-state index contributed by atoms with van der Waals surface area (Å²) in [6.07, 6.45) is 1.34. The molecular formula is C17H14N2O5S. The number of hydrogen-bond acceptors (Lipinski definition) is 6. The molecule has 128 valence electrons. The lowest BCUT2D eigenvalue weighted by Gasteiger charge is -2.13. The summed E-state index contributed by atoms with van der Waals surface area (Å²) in [5.74, 6) is -1.33. The number of carbonyl (C=O) groups excluding carboxylic acids is 3. The Morgan fingerprint density at radius 3 is 2.36 bits per heavy atom. The van der Waals surface area contributed by atoms with E-state index in [1.165, 1.54) is 6.20 Å². The summed E-state index contributed by atoms with van der Waals surface area (Å²) in [4.78, 5) is 37.1. The maximum absolute atomic E-state index is 12.2. The summed E-state index contributed by atoms with van der Waals surface area (Å²) in [6.45, 7) is -0.0906. The lowest BCUT2D eigenvalue weighted by Crippen LogP contribution is -2.33. The monoisotopic (exact) mass is 358 g/mol. The number of ether oxygens (including phenoxy) is 1. The molecule has 0 bridgehead atoms. The number of fused-ring (bicyclic) bond motifs is 1. The van der Waals surface area contributed by atoms with Crippen molar-refractivity contribution in [2.45, 2.75) is 5.03 Å². The van der Waals surface area contributed by atoms with E-state index in [2.05, 4.69) is 0 Å². The molecule has 0 saturated carbocycles. The van der Waals surface area contributed by atoms with Gasteiger partial charge >= 0.3 is 5.97 Å². The molecule has 0 spiro atoms. The van der Waals surface area contributed by atoms with Gasteiger partial charge in [0.05, 0.1) is 17.7 Å². The Kier molecular flexibility index (Phi) is 4.99. The van der Waals surface area contributed by atoms with Crippen LogP contribution in [0.3, 0.4) is 0 Å². The third-order valence-corrected chi connectivity index (χ3v) is 4.57. The van der Waals surface area contributed by atoms with E-state index in [0.717, 1.165) is 16.7 Å². The van der Waals surface area contributed by atoms with Gasteiger partial charge in [-0.3, -0.25) is 19.3 Å². The molecule has 0 aliphatic carbocycles. The van der Waals surface area contributed by atoms with Crippen LogP contribution in [0.1, 0.15) is 20.7 Å². The minimum atomic E-state index is -0.523. The quantitative estimate of drug-likeness (QED) is 0.254. The molecule has 0 unspecified atom stereocenters. The van der Waals surface area contributed by atoms with Crippen molar-refractivity contribution < 1.29 is 23.9 Å². The van der Waals surface area contributed by atoms with Gasteiger partial charge < -0.3 is 9.94 Å². The fraction of sp³-hybridized carbons (Fsp3) is 0.176. The van der Waals surface area contributed by atoms with Crippen molar-refractivity contribution in [1.82, 2.24) is 4.90 Å². The number of rotatable bonds is 6. The van der Waals surface area contributed by atoms with E-state index >= 15 is 0 Å². The number of hydrogen-bond donors (Lipinski definition) is 0. The van der Waals surface area contributed by atoms with Gasteiger partial charge in [0, 0.05) is 12.1 Å². The highest BCUT2D eigenvalue weighted by molar-refractivity contribution is 7.99. The van der Waals surface area contributed by atoms with Gasteiger partial charge in [0.15, 0.2) is 6.20 Å². The fourth-order valence-electron chi connectivity index (χ4n) is 2.39. The molecule has 0 saturated heterocycles. The highest BCUT2D eigenvalue weighted by atomic mass is 32.2. The van der Waals surface area contributed by atoms with Gasteiger partial charge in [-0.15, -0.1) is 0 Å². The molecule has 1 aliphatic heterocycles. The van der Waals surface area contributed by atoms with Gasteiger partial charge in [0.25, 0.3) is 16.8 Å². The Hall–Kier alpha value is -2.87. The standard InChI is InChI=1S/C17H14N2O5S/c20-15(11-25-14-7-3-4-8-19(14)23)24-10-9-18-16(21)12-5-1-2-6-13(12)17(18)22/h1-8H,9-11H2. The number of benzene rings is 1. The number of thioether (sulfide) groups is 1. The Balaban J connectivity index is 1.47. The first-order chi connectivity index (χ1) is 12.1. The lowest BCUT2D eigenvalue weighted by atomic mass is 10.1. The molecule has 3 rings (SSSR count). The molecule has 0 N–H and O–H groups in total. The normalized spacial score (nSPS) is 13.0. The lowest BCUT2D eigenvalue weighted by molar-refractivity contribution is -0.645. The third kappa shape index (κ3) is 3.63. The van der Waals surface area contributed by atoms with Crippen molar-refractivity contribution in [1.29, 1.82) is 0 Å². The van der Waals surface area contributed by atoms with Crippen LogP contribution in [0.5, 0.6) is 0 Å². The van der Waals surface area contributed by atoms with Crippen molar-refractivity contribution in [3.63, 3.8) is 0 Å². The van der Waals surface area contributed by atoms with Crippen LogP contribution in [0.25, 0.3) is 0 Å². The highest BCUT2D eigenvalue weighted by Crippen LogP contribution is 2.22. The summed E-state index contributed by atoms with van der Waals surface area (Å²) in [6, 6.07) is 11.5. The smallest absolute Gasteiger partial charge is 0.316 e. The second-order valence-electron chi connectivity index (χ2n) is 5.18. The summed E-state index contributed by atoms with van der Waals surface area (Å²) in [7, 11) is 0. The molecule has 2 aromatic rings. The first-order valence-electron chi connectivity index (χ1n) is 7.50. The van der Waals surface area contributed by atoms with E-state index < -0.39 is 5.97 Å². The van der Waals surface area contributed by atoms with Crippen molar-refractivity contribution in [3.8, 4) is 0 Å². The molecule has 1 aromatic carbocycles. The van der Waals surface area contributed by atoms with Crippen LogP contribution in [-0.2, 0) is 9.53 Å². The van der Waals surface area contributed by atoms with Gasteiger partial charge in [0.2, 0.25) is 0 Å². The molecule has 1 aliphatic rings. The second kappa shape index (κ2) is 7.35. The molecule has 25 heavy (non-hydrogen) atoms. The van der Waals surface area contributed by atoms with Gasteiger partial charge in [0.1, 0.15) is 12.4 Å². The molecule has 2 heterocycles. The summed E-state index contributed by atoms with van der Waals surface area (Å²) >= 11 is 1.06. The topological polar surface area (TPSA) is 90.6 Å². The van der Waals surface area contributed by atoms with E-state index in [-0.39, 0.29) is 30.7 Å². The van der Waals surface area contributed by atoms with Gasteiger partial charge in [-0.25, -0.2) is 0 Å². The first kappa shape index (κ1) is 17.0. The molecule has 0 radical (unpaired) electrons. The largest absolute Gasteiger partial charge is 0.618 e. The molecule has 8 heteroatoms. The van der Waals surface area contributed by atoms with E-state index in [1.807, 2.05) is 0 Å². The number of amides is 2. The minimum absolute atomic E-state index is 0.00432. The molecule has 0 fully saturated rings. The Morgan fingerprint density at radius 1 is 1.08 bits per heavy atom. The number of carbonyl (C=O) groups is 3. The molecule has 1 aromatic heterocycles. The Morgan fingerprint density at radius 2 is 1.72 bits per heavy atom. The van der Waals surface area contributed by atoms with Crippen LogP contribution in [-0.4, -0.2) is 41.6 Å². The summed E-state index contributed by atoms with van der Waals surface area (Å²) in [5.41, 5.74) is 0.719. The molecule has 2 amide bonds. The predicted octanol–water partition coefficient (Wildman–Crippen LogP) is 1.25. The summed E-state index contributed by atoms with van der Waals surface area (Å²) < 4.78 is 5.71. The van der Waals surface area contributed by atoms with E-state index in [1.54, 1.807) is 42.5 Å². The maximum Gasteiger partial charge on any atom is 0.316 e. The number of pyridine rings is 1. The zero-order chi connectivity index (χ0) is 17.8. The Labute approximate surface area is 147 Å². The van der Waals surface area contributed by atoms with Gasteiger partial charge in [-0.05, 0) is 30.0 Å². The molecular weight excluding hydrogens is 344 g/mol. The van der Waals surface area contributed by atoms with Crippen LogP contribution < -0.4 is 4.73 Å². The van der Waals surface area contributed by atoms with Crippen LogP contribution in [0.2, 0.25) is 0 Å². The van der Waals surface area contributed by atoms with Crippen LogP contribution >= 0.6 is 11.8 Å². The third-order valence-electron chi connectivity index (χ3n) is 3.58. The number of imide groups is 1. The number of aromatic nitrogens is 1. The second-order valence-corrected chi connectivity index (χ2v) is 6.18.